The maximum Gasteiger partial charge on any atom is 0.268 e. The molecule has 758 valence electrons. The Balaban J connectivity index is -0.000000175. The zero-order valence-electron chi connectivity index (χ0n) is 87.7. The highest BCUT2D eigenvalue weighted by molar-refractivity contribution is 7.99. The van der Waals surface area contributed by atoms with Gasteiger partial charge in [0.2, 0.25) is 29.5 Å². The van der Waals surface area contributed by atoms with Crippen molar-refractivity contribution in [2.75, 3.05) is 147 Å². The SMILES string of the molecule is CC(C)(C)CCCNC(=O)CS(C)(=O)=O.CC(C)(C)CCCNc1c(N)c(=O)c1=O.CC(C)(C)CCCO.CC(C)(C)CCO.CCCCNC(=O)C(C)OC.CCOCC(=O)NCCCC(C)(C)C.CN/C(=N\[N+](=O)[O-])NCCCC(C)(C)C.COC(C)(C)C(=O)NCCCC(C)(C)C.CS(=O)CC(=O)NCCCC(C)(C)C.CSCC(=O)NCCCC(C)(C)C. The van der Waals surface area contributed by atoms with Crippen LogP contribution >= 0.6 is 11.8 Å². The third-order valence-electron chi connectivity index (χ3n) is 17.3. The fourth-order valence-corrected chi connectivity index (χ4v) is 11.0. The minimum Gasteiger partial charge on any atom is -0.396 e. The number of rotatable bonds is 42. The van der Waals surface area contributed by atoms with Gasteiger partial charge in [0.1, 0.15) is 46.3 Å². The van der Waals surface area contributed by atoms with Crippen molar-refractivity contribution in [1.29, 1.82) is 0 Å². The highest BCUT2D eigenvalue weighted by atomic mass is 32.2. The predicted molar refractivity (Wildman–Crippen MR) is 538 cm³/mol. The average molecular weight is 1880 g/mol. The first-order valence-corrected chi connectivity index (χ1v) is 50.7. The molecule has 33 heteroatoms. The number of methoxy groups -OCH3 is 2. The van der Waals surface area contributed by atoms with E-state index < -0.39 is 53.8 Å². The van der Waals surface area contributed by atoms with Gasteiger partial charge in [-0.15, -0.1) is 0 Å². The number of sulfone groups is 1. The molecule has 0 spiro atoms. The quantitative estimate of drug-likeness (QED) is 0.00722. The van der Waals surface area contributed by atoms with Crippen molar-refractivity contribution in [3.63, 3.8) is 0 Å². The van der Waals surface area contributed by atoms with Gasteiger partial charge in [0.15, 0.2) is 14.9 Å². The molecule has 2 unspecified atom stereocenters. The molecule has 1 aromatic rings. The van der Waals surface area contributed by atoms with Crippen LogP contribution in [0.2, 0.25) is 0 Å². The van der Waals surface area contributed by atoms with E-state index in [9.17, 15) is 61.1 Å². The number of guanidine groups is 1. The zero-order chi connectivity index (χ0) is 102. The number of aliphatic hydroxyl groups is 2. The number of ether oxygens (including phenoxy) is 3. The molecule has 1 aromatic carbocycles. The lowest BCUT2D eigenvalue weighted by Crippen LogP contribution is -2.43. The van der Waals surface area contributed by atoms with Crippen molar-refractivity contribution in [1.82, 2.24) is 42.5 Å². The molecular weight excluding hydrogens is 1680 g/mol. The Bertz CT molecular complexity index is 3230. The first-order chi connectivity index (χ1) is 57.5. The highest BCUT2D eigenvalue weighted by Gasteiger charge is 2.27. The number of nitrogens with one attached hydrogen (secondary N) is 9. The fraction of sp³-hybridized carbons (Fsp3) is 0.883. The van der Waals surface area contributed by atoms with E-state index in [0.717, 1.165) is 154 Å². The summed E-state index contributed by atoms with van der Waals surface area (Å²) in [7, 11) is 0.447. The summed E-state index contributed by atoms with van der Waals surface area (Å²) >= 11 is 1.56. The largest absolute Gasteiger partial charge is 0.396 e. The number of hydrogen-bond donors (Lipinski definition) is 12. The van der Waals surface area contributed by atoms with Crippen LogP contribution in [0.15, 0.2) is 14.7 Å². The summed E-state index contributed by atoms with van der Waals surface area (Å²) in [6.45, 7) is 75.0. The van der Waals surface area contributed by atoms with Crippen LogP contribution in [0.25, 0.3) is 0 Å². The number of amides is 6. The van der Waals surface area contributed by atoms with Gasteiger partial charge in [0.05, 0.1) is 5.75 Å². The first-order valence-electron chi connectivity index (χ1n) is 45.5. The van der Waals surface area contributed by atoms with Gasteiger partial charge >= 0.3 is 0 Å². The smallest absolute Gasteiger partial charge is 0.268 e. The van der Waals surface area contributed by atoms with E-state index in [0.29, 0.717) is 101 Å². The number of carbonyl (C=O) groups is 6. The predicted octanol–water partition coefficient (Wildman–Crippen LogP) is 15.3. The van der Waals surface area contributed by atoms with Gasteiger partial charge in [-0.05, 0) is 198 Å². The second kappa shape index (κ2) is 75.9. The molecule has 0 aliphatic heterocycles. The van der Waals surface area contributed by atoms with E-state index in [1.54, 1.807) is 46.7 Å². The number of hydrazone groups is 1. The fourth-order valence-electron chi connectivity index (χ4n) is 9.55. The molecule has 0 fully saturated rings. The maximum absolute atomic E-state index is 11.6. The summed E-state index contributed by atoms with van der Waals surface area (Å²) in [4.78, 5) is 98.8. The molecule has 0 saturated carbocycles. The van der Waals surface area contributed by atoms with Crippen LogP contribution in [-0.2, 0) is 63.6 Å². The van der Waals surface area contributed by atoms with Gasteiger partial charge in [0.25, 0.3) is 22.7 Å². The van der Waals surface area contributed by atoms with Gasteiger partial charge in [0, 0.05) is 117 Å². The van der Waals surface area contributed by atoms with E-state index in [1.807, 2.05) is 13.2 Å². The standard InChI is InChI=1S/C12H25NO2.C11H18N2O2.C11H23NO2.C10H21NO3S.C10H21NO2S.C10H21NOS.C9H20N4O2.C8H17NO2.C7H16O.C6H14O/c1-11(2,3)8-7-9-13-10(14)12(4,5)15-6;1-11(2,3)5-4-6-13-8-7(12)9(14)10(8)15;1-5-14-9-10(13)12-8-6-7-11(2,3)4;1-10(2,3)6-5-7-11-9(12)8-15(4,13)14;1-10(2,3)6-5-7-11-9(12)8-14(4)13;1-10(2,3)6-5-7-11-9(12)8-13-4;1-9(2,3)6-5-7-11-8(10-4)12-13(14)15;1-4-5-6-9-8(10)7(2)11-3;1-7(2,3)5-4-6-8;1-6(2,3)4-5-7/h7-9H2,1-6H3,(H,13,14);13H,4-6,12H2,1-3H3;5-9H2,1-4H3,(H,12,13);5-8H2,1-4H3,(H,11,12);5-8H2,1-4H3,(H,11,12);5-8H2,1-4H3,(H,11,12);5-7H2,1-4H3,(H2,10,11,12);7H,4-6H2,1-3H3,(H,9,10);8H,4-6H2,1-3H3;7H,4-5H2,1-3H3. The molecule has 13 N–H and O–H groups in total. The Morgan fingerprint density at radius 1 is 0.504 bits per heavy atom. The van der Waals surface area contributed by atoms with Crippen LogP contribution in [0.3, 0.4) is 0 Å². The average Bonchev–Trinajstić information content (AvgIpc) is 0.795. The summed E-state index contributed by atoms with van der Waals surface area (Å²) in [5.74, 6) is 0.0372. The molecular formula is C94H196N12O18S3. The number of hydrogen-bond acceptors (Lipinski definition) is 21. The highest BCUT2D eigenvalue weighted by Crippen LogP contribution is 2.26. The summed E-state index contributed by atoms with van der Waals surface area (Å²) in [5, 5.41) is 54.5. The lowest BCUT2D eigenvalue weighted by molar-refractivity contribution is -0.485. The van der Waals surface area contributed by atoms with Crippen molar-refractivity contribution >= 4 is 85.2 Å². The summed E-state index contributed by atoms with van der Waals surface area (Å²) < 4.78 is 47.1. The zero-order valence-corrected chi connectivity index (χ0v) is 90.2. The Morgan fingerprint density at radius 3 is 1.13 bits per heavy atom. The normalized spacial score (nSPS) is 12.3. The third kappa shape index (κ3) is 122. The molecule has 0 bridgehead atoms. The lowest BCUT2D eigenvalue weighted by atomic mass is 9.90. The molecule has 0 radical (unpaired) electrons. The van der Waals surface area contributed by atoms with E-state index in [4.69, 9.17) is 30.2 Å². The van der Waals surface area contributed by atoms with E-state index in [-0.39, 0.29) is 65.1 Å². The molecule has 127 heavy (non-hydrogen) atoms. The lowest BCUT2D eigenvalue weighted by Gasteiger charge is -2.22. The van der Waals surface area contributed by atoms with Crippen molar-refractivity contribution in [2.24, 2.45) is 53.8 Å². The number of aliphatic hydroxyl groups excluding tert-OH is 2. The molecule has 0 heterocycles. The van der Waals surface area contributed by atoms with Crippen LogP contribution < -0.4 is 64.4 Å². The molecule has 0 saturated heterocycles. The first kappa shape index (κ1) is 139. The molecule has 0 aliphatic carbocycles. The monoisotopic (exact) mass is 1880 g/mol. The number of carbonyl (C=O) groups excluding carboxylic acids is 6. The second-order valence-corrected chi connectivity index (χ2v) is 47.5. The summed E-state index contributed by atoms with van der Waals surface area (Å²) in [6, 6.07) is 0. The minimum absolute atomic E-state index is 0.0132. The van der Waals surface area contributed by atoms with Gasteiger partial charge in [-0.2, -0.15) is 11.8 Å². The van der Waals surface area contributed by atoms with Crippen molar-refractivity contribution in [2.45, 2.75) is 355 Å². The topological polar surface area (TPSA) is 446 Å². The minimum atomic E-state index is -3.20. The summed E-state index contributed by atoms with van der Waals surface area (Å²) in [6.07, 6.45) is 23.8. The van der Waals surface area contributed by atoms with Crippen LogP contribution in [-0.4, -0.2) is 217 Å². The number of unbranched alkanes of at least 4 members (excludes halogenated alkanes) is 1. The number of thioether (sulfide) groups is 1. The molecule has 0 aromatic heterocycles. The molecule has 2 atom stereocenters. The maximum atomic E-state index is 11.6. The Kier molecular flexibility index (Phi) is 83.3. The second-order valence-electron chi connectivity index (χ2n) is 43.1. The Labute approximate surface area is 780 Å². The van der Waals surface area contributed by atoms with Crippen molar-refractivity contribution < 1.29 is 70.8 Å². The molecule has 30 nitrogen and oxygen atoms in total. The van der Waals surface area contributed by atoms with Gasteiger partial charge in [-0.25, -0.2) is 18.5 Å². The number of nitrogen functional groups attached to an aromatic ring is 1. The Hall–Kier alpha value is -5.58. The van der Waals surface area contributed by atoms with Crippen molar-refractivity contribution in [3.8, 4) is 0 Å². The third-order valence-corrected chi connectivity index (χ3v) is 19.3. The molecule has 6 amide bonds. The summed E-state index contributed by atoms with van der Waals surface area (Å²) in [5.41, 5.74) is 6.90. The van der Waals surface area contributed by atoms with Crippen molar-refractivity contribution in [3.05, 3.63) is 30.6 Å². The van der Waals surface area contributed by atoms with Crippen LogP contribution in [0.1, 0.15) is 344 Å². The van der Waals surface area contributed by atoms with Gasteiger partial charge < -0.3 is 78.0 Å². The number of nitro groups is 1. The van der Waals surface area contributed by atoms with Crippen LogP contribution in [0, 0.1) is 58.8 Å². The van der Waals surface area contributed by atoms with Crippen LogP contribution in [0.4, 0.5) is 11.4 Å². The number of nitrogens with zero attached hydrogens (tertiary/aromatic N) is 2. The van der Waals surface area contributed by atoms with E-state index in [2.05, 4.69) is 247 Å². The van der Waals surface area contributed by atoms with Crippen LogP contribution in [0.5, 0.6) is 0 Å². The number of anilines is 2. The van der Waals surface area contributed by atoms with E-state index in [1.165, 1.54) is 13.4 Å². The van der Waals surface area contributed by atoms with Gasteiger partial charge in [-0.3, -0.25) is 42.6 Å². The van der Waals surface area contributed by atoms with Gasteiger partial charge in [-0.1, -0.05) is 200 Å². The number of nitrogens with two attached hydrogens (primary N) is 1. The van der Waals surface area contributed by atoms with E-state index >= 15 is 0 Å². The molecule has 1 rings (SSSR count). The Morgan fingerprint density at radius 2 is 0.843 bits per heavy atom. The molecule has 0 aliphatic rings.